The van der Waals surface area contributed by atoms with Crippen LogP contribution in [0.25, 0.3) is 6.08 Å². The lowest BCUT2D eigenvalue weighted by molar-refractivity contribution is -0.138. The molecule has 0 saturated carbocycles. The number of aromatic nitrogens is 4. The second kappa shape index (κ2) is 15.2. The number of esters is 2. The first-order valence-corrected chi connectivity index (χ1v) is 16.6. The summed E-state index contributed by atoms with van der Waals surface area (Å²) in [5.74, 6) is 0.0876. The molecule has 0 N–H and O–H groups in total. The standard InChI is InChI=1S/C18H18F3N3O2.C16H15BrF3N3O2/c1-3-14-15(17(25)26-4-2)16-23(8-9-24(16)22-14)11-12-6-5-7-13(10-12)18(19,20)21;1-2-25-15(24)12-13(17)21-23-7-6-22(14(12)23)9-10-4-3-5-11(8-10)16(18,19)20/h3,5-7,10H,1,4,8-9,11H2,2H3;3-5,8H,2,6-7,9H2,1H3. The zero-order valence-corrected chi connectivity index (χ0v) is 29.1. The highest BCUT2D eigenvalue weighted by atomic mass is 79.9. The van der Waals surface area contributed by atoms with Crippen molar-refractivity contribution in [2.45, 2.75) is 52.4 Å². The van der Waals surface area contributed by atoms with Crippen LogP contribution in [-0.4, -0.2) is 57.8 Å². The van der Waals surface area contributed by atoms with Crippen molar-refractivity contribution < 1.29 is 45.4 Å². The van der Waals surface area contributed by atoms with Gasteiger partial charge in [-0.1, -0.05) is 30.8 Å². The molecule has 2 aromatic carbocycles. The van der Waals surface area contributed by atoms with E-state index < -0.39 is 35.4 Å². The van der Waals surface area contributed by atoms with Crippen molar-refractivity contribution in [3.8, 4) is 0 Å². The molecule has 10 nitrogen and oxygen atoms in total. The Kier molecular flexibility index (Phi) is 11.2. The van der Waals surface area contributed by atoms with E-state index in [0.717, 1.165) is 24.3 Å². The maximum atomic E-state index is 12.9. The van der Waals surface area contributed by atoms with E-state index in [1.807, 2.05) is 9.80 Å². The third kappa shape index (κ3) is 8.24. The number of benzene rings is 2. The maximum Gasteiger partial charge on any atom is 0.416 e. The number of ether oxygens (including phenoxy) is 2. The first-order valence-electron chi connectivity index (χ1n) is 15.8. The Balaban J connectivity index is 0.000000198. The fourth-order valence-electron chi connectivity index (χ4n) is 5.85. The zero-order valence-electron chi connectivity index (χ0n) is 27.5. The Morgan fingerprint density at radius 1 is 0.765 bits per heavy atom. The quantitative estimate of drug-likeness (QED) is 0.127. The molecule has 2 aliphatic heterocycles. The summed E-state index contributed by atoms with van der Waals surface area (Å²) in [6.07, 6.45) is -7.31. The second-order valence-corrected chi connectivity index (χ2v) is 12.2. The Labute approximate surface area is 297 Å². The van der Waals surface area contributed by atoms with Gasteiger partial charge in [-0.2, -0.15) is 36.5 Å². The molecule has 272 valence electrons. The highest BCUT2D eigenvalue weighted by Crippen LogP contribution is 2.36. The topological polar surface area (TPSA) is 94.7 Å². The minimum atomic E-state index is -4.39. The number of nitrogens with zero attached hydrogens (tertiary/aromatic N) is 6. The number of hydrogen-bond donors (Lipinski definition) is 0. The lowest BCUT2D eigenvalue weighted by Crippen LogP contribution is -2.22. The van der Waals surface area contributed by atoms with E-state index >= 15 is 0 Å². The number of hydrogen-bond acceptors (Lipinski definition) is 8. The molecule has 0 spiro atoms. The lowest BCUT2D eigenvalue weighted by atomic mass is 10.1. The summed E-state index contributed by atoms with van der Waals surface area (Å²) in [6, 6.07) is 10.4. The summed E-state index contributed by atoms with van der Waals surface area (Å²) in [5.41, 5.74) is 0.634. The molecule has 0 saturated heterocycles. The number of rotatable bonds is 9. The minimum Gasteiger partial charge on any atom is -0.462 e. The molecule has 6 rings (SSSR count). The van der Waals surface area contributed by atoms with Crippen molar-refractivity contribution in [3.63, 3.8) is 0 Å². The first-order chi connectivity index (χ1) is 24.2. The molecule has 2 aliphatic rings. The monoisotopic (exact) mass is 782 g/mol. The third-order valence-electron chi connectivity index (χ3n) is 8.01. The average Bonchev–Trinajstić information content (AvgIpc) is 3.82. The van der Waals surface area contributed by atoms with Gasteiger partial charge in [-0.3, -0.25) is 0 Å². The molecule has 17 heteroatoms. The summed E-state index contributed by atoms with van der Waals surface area (Å²) in [4.78, 5) is 28.2. The van der Waals surface area contributed by atoms with Gasteiger partial charge in [0.1, 0.15) is 33.1 Å². The van der Waals surface area contributed by atoms with Gasteiger partial charge in [-0.15, -0.1) is 0 Å². The van der Waals surface area contributed by atoms with Crippen LogP contribution < -0.4 is 9.80 Å². The highest BCUT2D eigenvalue weighted by molar-refractivity contribution is 9.10. The number of alkyl halides is 6. The Hall–Kier alpha value is -4.80. The summed E-state index contributed by atoms with van der Waals surface area (Å²) < 4.78 is 91.3. The van der Waals surface area contributed by atoms with E-state index in [1.165, 1.54) is 18.2 Å². The number of halogens is 7. The Bertz CT molecular complexity index is 1920. The number of fused-ring (bicyclic) bond motifs is 2. The van der Waals surface area contributed by atoms with Gasteiger partial charge in [0.2, 0.25) is 0 Å². The van der Waals surface area contributed by atoms with Crippen LogP contribution in [0.5, 0.6) is 0 Å². The van der Waals surface area contributed by atoms with Gasteiger partial charge in [0.15, 0.2) is 0 Å². The minimum absolute atomic E-state index is 0.216. The van der Waals surface area contributed by atoms with Gasteiger partial charge in [0.25, 0.3) is 0 Å². The fraction of sp³-hybridized carbons (Fsp3) is 0.353. The lowest BCUT2D eigenvalue weighted by Gasteiger charge is -2.19. The van der Waals surface area contributed by atoms with Crippen LogP contribution >= 0.6 is 15.9 Å². The molecule has 0 amide bonds. The van der Waals surface area contributed by atoms with Crippen LogP contribution in [0.3, 0.4) is 0 Å². The second-order valence-electron chi connectivity index (χ2n) is 11.4. The van der Waals surface area contributed by atoms with Crippen LogP contribution in [0.4, 0.5) is 38.0 Å². The molecule has 4 heterocycles. The van der Waals surface area contributed by atoms with E-state index in [0.29, 0.717) is 70.4 Å². The zero-order chi connectivity index (χ0) is 37.1. The van der Waals surface area contributed by atoms with E-state index in [2.05, 4.69) is 32.7 Å². The van der Waals surface area contributed by atoms with Gasteiger partial charge in [-0.25, -0.2) is 19.0 Å². The van der Waals surface area contributed by atoms with Gasteiger partial charge in [0.05, 0.1) is 37.4 Å². The predicted octanol–water partition coefficient (Wildman–Crippen LogP) is 7.60. The van der Waals surface area contributed by atoms with E-state index in [-0.39, 0.29) is 26.3 Å². The largest absolute Gasteiger partial charge is 0.462 e. The molecule has 0 fully saturated rings. The molecule has 51 heavy (non-hydrogen) atoms. The van der Waals surface area contributed by atoms with E-state index in [4.69, 9.17) is 9.47 Å². The van der Waals surface area contributed by atoms with Crippen molar-refractivity contribution in [3.05, 3.63) is 98.8 Å². The third-order valence-corrected chi connectivity index (χ3v) is 8.56. The molecule has 0 bridgehead atoms. The number of carbonyl (C=O) groups excluding carboxylic acids is 2. The first kappa shape index (κ1) is 37.5. The maximum absolute atomic E-state index is 12.9. The molecule has 4 aromatic rings. The van der Waals surface area contributed by atoms with Crippen LogP contribution in [-0.2, 0) is 48.0 Å². The normalized spacial score (nSPS) is 13.7. The molecule has 0 aliphatic carbocycles. The van der Waals surface area contributed by atoms with Crippen molar-refractivity contribution in [1.82, 2.24) is 19.6 Å². The Morgan fingerprint density at radius 2 is 1.22 bits per heavy atom. The molecular weight excluding hydrogens is 750 g/mol. The average molecular weight is 784 g/mol. The van der Waals surface area contributed by atoms with Gasteiger partial charge >= 0.3 is 24.3 Å². The molecule has 0 atom stereocenters. The molecule has 0 radical (unpaired) electrons. The van der Waals surface area contributed by atoms with Crippen LogP contribution in [0.2, 0.25) is 0 Å². The Morgan fingerprint density at radius 3 is 1.67 bits per heavy atom. The number of anilines is 2. The smallest absolute Gasteiger partial charge is 0.416 e. The van der Waals surface area contributed by atoms with Crippen LogP contribution in [0.15, 0.2) is 59.7 Å². The summed E-state index contributed by atoms with van der Waals surface area (Å²) in [5, 5.41) is 8.59. The highest BCUT2D eigenvalue weighted by Gasteiger charge is 2.35. The molecule has 2 aromatic heterocycles. The molecule has 0 unspecified atom stereocenters. The summed E-state index contributed by atoms with van der Waals surface area (Å²) in [6.45, 7) is 10.2. The van der Waals surface area contributed by atoms with Crippen molar-refractivity contribution in [2.75, 3.05) is 36.1 Å². The van der Waals surface area contributed by atoms with E-state index in [9.17, 15) is 35.9 Å². The van der Waals surface area contributed by atoms with Crippen molar-refractivity contribution in [2.24, 2.45) is 0 Å². The van der Waals surface area contributed by atoms with Gasteiger partial charge < -0.3 is 19.3 Å². The van der Waals surface area contributed by atoms with Crippen LogP contribution in [0, 0.1) is 0 Å². The van der Waals surface area contributed by atoms with Gasteiger partial charge in [0, 0.05) is 26.2 Å². The van der Waals surface area contributed by atoms with Crippen LogP contribution in [0.1, 0.15) is 62.5 Å². The van der Waals surface area contributed by atoms with Gasteiger partial charge in [-0.05, 0) is 71.2 Å². The molecular formula is C34H33BrF6N6O4. The predicted molar refractivity (Wildman–Crippen MR) is 179 cm³/mol. The number of carbonyl (C=O) groups is 2. The van der Waals surface area contributed by atoms with Crippen molar-refractivity contribution >= 4 is 45.6 Å². The van der Waals surface area contributed by atoms with E-state index in [1.54, 1.807) is 35.3 Å². The summed E-state index contributed by atoms with van der Waals surface area (Å²) in [7, 11) is 0. The fourth-order valence-corrected chi connectivity index (χ4v) is 6.38. The van der Waals surface area contributed by atoms with Crippen molar-refractivity contribution in [1.29, 1.82) is 0 Å². The summed E-state index contributed by atoms with van der Waals surface area (Å²) >= 11 is 3.26. The SMILES string of the molecule is C=Cc1nn2c(c1C(=O)OCC)N(Cc1cccc(C(F)(F)F)c1)CC2.CCOC(=O)c1c(Br)nn2c1N(Cc1cccc(C(F)(F)F)c1)CC2.